The van der Waals surface area contributed by atoms with Crippen molar-refractivity contribution in [1.82, 2.24) is 4.98 Å². The standard InChI is InChI=1S/C14H14FN3O2/c15-10-3-1-9(2-4-10)13(19)8-18-12-5-6-17-7-11(12)14(16)20/h1-7,13,19H,8H2,(H2,16,20)(H,17,18). The third-order valence-electron chi connectivity index (χ3n) is 2.83. The average Bonchev–Trinajstić information content (AvgIpc) is 2.45. The minimum absolute atomic E-state index is 0.163. The maximum Gasteiger partial charge on any atom is 0.252 e. The van der Waals surface area contributed by atoms with Crippen LogP contribution in [0.1, 0.15) is 22.0 Å². The Kier molecular flexibility index (Phi) is 4.27. The van der Waals surface area contributed by atoms with Gasteiger partial charge in [-0.1, -0.05) is 12.1 Å². The third kappa shape index (κ3) is 3.30. The van der Waals surface area contributed by atoms with Crippen LogP contribution in [0.4, 0.5) is 10.1 Å². The number of rotatable bonds is 5. The van der Waals surface area contributed by atoms with Crippen LogP contribution in [0.5, 0.6) is 0 Å². The number of benzene rings is 1. The first-order valence-electron chi connectivity index (χ1n) is 5.99. The van der Waals surface area contributed by atoms with Gasteiger partial charge in [0.05, 0.1) is 17.4 Å². The molecule has 0 aliphatic rings. The van der Waals surface area contributed by atoms with Crippen LogP contribution in [0.2, 0.25) is 0 Å². The zero-order valence-electron chi connectivity index (χ0n) is 10.6. The summed E-state index contributed by atoms with van der Waals surface area (Å²) in [6, 6.07) is 7.16. The predicted octanol–water partition coefficient (Wildman–Crippen LogP) is 1.47. The SMILES string of the molecule is NC(=O)c1cnccc1NCC(O)c1ccc(F)cc1. The van der Waals surface area contributed by atoms with E-state index in [0.717, 1.165) is 0 Å². The number of nitrogens with two attached hydrogens (primary N) is 1. The summed E-state index contributed by atoms with van der Waals surface area (Å²) in [5, 5.41) is 12.9. The second-order valence-corrected chi connectivity index (χ2v) is 4.23. The number of anilines is 1. The van der Waals surface area contributed by atoms with E-state index in [1.54, 1.807) is 6.07 Å². The van der Waals surface area contributed by atoms with Crippen LogP contribution in [0.3, 0.4) is 0 Å². The van der Waals surface area contributed by atoms with Crippen molar-refractivity contribution in [1.29, 1.82) is 0 Å². The fraction of sp³-hybridized carbons (Fsp3) is 0.143. The van der Waals surface area contributed by atoms with Crippen molar-refractivity contribution in [3.05, 3.63) is 59.7 Å². The molecule has 104 valence electrons. The molecule has 1 atom stereocenters. The van der Waals surface area contributed by atoms with Gasteiger partial charge in [0.1, 0.15) is 5.82 Å². The van der Waals surface area contributed by atoms with Crippen molar-refractivity contribution in [2.24, 2.45) is 5.73 Å². The lowest BCUT2D eigenvalue weighted by molar-refractivity contribution is 0.100. The zero-order valence-corrected chi connectivity index (χ0v) is 10.6. The zero-order chi connectivity index (χ0) is 14.5. The number of aliphatic hydroxyl groups is 1. The van der Waals surface area contributed by atoms with Crippen molar-refractivity contribution in [3.63, 3.8) is 0 Å². The van der Waals surface area contributed by atoms with Gasteiger partial charge in [-0.25, -0.2) is 4.39 Å². The molecule has 0 aliphatic heterocycles. The normalized spacial score (nSPS) is 11.9. The van der Waals surface area contributed by atoms with E-state index in [4.69, 9.17) is 5.73 Å². The molecule has 1 aromatic carbocycles. The van der Waals surface area contributed by atoms with Crippen molar-refractivity contribution >= 4 is 11.6 Å². The molecular weight excluding hydrogens is 261 g/mol. The number of aliphatic hydroxyl groups excluding tert-OH is 1. The molecule has 20 heavy (non-hydrogen) atoms. The summed E-state index contributed by atoms with van der Waals surface area (Å²) in [6.07, 6.45) is 2.04. The summed E-state index contributed by atoms with van der Waals surface area (Å²) in [4.78, 5) is 15.0. The highest BCUT2D eigenvalue weighted by atomic mass is 19.1. The van der Waals surface area contributed by atoms with Gasteiger partial charge in [0.15, 0.2) is 0 Å². The molecule has 0 bridgehead atoms. The van der Waals surface area contributed by atoms with Gasteiger partial charge in [-0.2, -0.15) is 0 Å². The monoisotopic (exact) mass is 275 g/mol. The average molecular weight is 275 g/mol. The van der Waals surface area contributed by atoms with E-state index in [-0.39, 0.29) is 17.9 Å². The first-order chi connectivity index (χ1) is 9.58. The largest absolute Gasteiger partial charge is 0.387 e. The van der Waals surface area contributed by atoms with E-state index in [1.807, 2.05) is 0 Å². The van der Waals surface area contributed by atoms with E-state index in [1.165, 1.54) is 36.7 Å². The van der Waals surface area contributed by atoms with Crippen LogP contribution in [0.15, 0.2) is 42.7 Å². The van der Waals surface area contributed by atoms with Gasteiger partial charge in [-0.15, -0.1) is 0 Å². The molecule has 1 aromatic heterocycles. The summed E-state index contributed by atoms with van der Waals surface area (Å²) in [5.41, 5.74) is 6.55. The van der Waals surface area contributed by atoms with Gasteiger partial charge >= 0.3 is 0 Å². The maximum atomic E-state index is 12.8. The number of amides is 1. The number of carbonyl (C=O) groups is 1. The Morgan fingerprint density at radius 3 is 2.70 bits per heavy atom. The Labute approximate surface area is 115 Å². The fourth-order valence-electron chi connectivity index (χ4n) is 1.75. The molecular formula is C14H14FN3O2. The van der Waals surface area contributed by atoms with Crippen LogP contribution < -0.4 is 11.1 Å². The van der Waals surface area contributed by atoms with Crippen molar-refractivity contribution < 1.29 is 14.3 Å². The number of halogens is 1. The maximum absolute atomic E-state index is 12.8. The molecule has 5 nitrogen and oxygen atoms in total. The molecule has 0 radical (unpaired) electrons. The minimum atomic E-state index is -0.829. The topological polar surface area (TPSA) is 88.2 Å². The van der Waals surface area contributed by atoms with Crippen LogP contribution in [-0.2, 0) is 0 Å². The van der Waals surface area contributed by atoms with E-state index in [0.29, 0.717) is 11.3 Å². The third-order valence-corrected chi connectivity index (χ3v) is 2.83. The van der Waals surface area contributed by atoms with Crippen molar-refractivity contribution in [2.75, 3.05) is 11.9 Å². The van der Waals surface area contributed by atoms with E-state index in [2.05, 4.69) is 10.3 Å². The van der Waals surface area contributed by atoms with Gasteiger partial charge in [0.25, 0.3) is 5.91 Å². The van der Waals surface area contributed by atoms with E-state index >= 15 is 0 Å². The number of carbonyl (C=O) groups excluding carboxylic acids is 1. The Morgan fingerprint density at radius 2 is 2.05 bits per heavy atom. The van der Waals surface area contributed by atoms with Crippen LogP contribution in [-0.4, -0.2) is 22.5 Å². The highest BCUT2D eigenvalue weighted by Crippen LogP contribution is 2.17. The molecule has 6 heteroatoms. The molecule has 4 N–H and O–H groups in total. The summed E-state index contributed by atoms with van der Waals surface area (Å²) >= 11 is 0. The lowest BCUT2D eigenvalue weighted by Crippen LogP contribution is -2.18. The van der Waals surface area contributed by atoms with Crippen LogP contribution >= 0.6 is 0 Å². The highest BCUT2D eigenvalue weighted by molar-refractivity contribution is 5.98. The molecule has 0 spiro atoms. The van der Waals surface area contributed by atoms with Crippen molar-refractivity contribution in [3.8, 4) is 0 Å². The molecule has 0 saturated carbocycles. The van der Waals surface area contributed by atoms with Gasteiger partial charge in [0, 0.05) is 18.9 Å². The second kappa shape index (κ2) is 6.12. The molecule has 0 aliphatic carbocycles. The number of aromatic nitrogens is 1. The number of hydrogen-bond donors (Lipinski definition) is 3. The number of pyridine rings is 1. The highest BCUT2D eigenvalue weighted by Gasteiger charge is 2.11. The molecule has 0 fully saturated rings. The number of hydrogen-bond acceptors (Lipinski definition) is 4. The Balaban J connectivity index is 2.05. The van der Waals surface area contributed by atoms with E-state index < -0.39 is 12.0 Å². The van der Waals surface area contributed by atoms with Gasteiger partial charge in [-0.05, 0) is 23.8 Å². The summed E-state index contributed by atoms with van der Waals surface area (Å²) in [7, 11) is 0. The molecule has 1 amide bonds. The lowest BCUT2D eigenvalue weighted by atomic mass is 10.1. The minimum Gasteiger partial charge on any atom is -0.387 e. The van der Waals surface area contributed by atoms with Gasteiger partial charge < -0.3 is 16.2 Å². The summed E-state index contributed by atoms with van der Waals surface area (Å²) < 4.78 is 12.8. The predicted molar refractivity (Wildman–Crippen MR) is 72.6 cm³/mol. The molecule has 1 unspecified atom stereocenters. The van der Waals surface area contributed by atoms with Crippen LogP contribution in [0, 0.1) is 5.82 Å². The Hall–Kier alpha value is -2.47. The quantitative estimate of drug-likeness (QED) is 0.771. The molecule has 1 heterocycles. The summed E-state index contributed by atoms with van der Waals surface area (Å²) in [6.45, 7) is 0.163. The molecule has 2 aromatic rings. The first-order valence-corrected chi connectivity index (χ1v) is 5.99. The Morgan fingerprint density at radius 1 is 1.35 bits per heavy atom. The number of nitrogens with one attached hydrogen (secondary N) is 1. The van der Waals surface area contributed by atoms with Crippen LogP contribution in [0.25, 0.3) is 0 Å². The molecule has 2 rings (SSSR count). The smallest absolute Gasteiger partial charge is 0.252 e. The molecule has 0 saturated heterocycles. The number of nitrogens with zero attached hydrogens (tertiary/aromatic N) is 1. The second-order valence-electron chi connectivity index (χ2n) is 4.23. The van der Waals surface area contributed by atoms with Gasteiger partial charge in [-0.3, -0.25) is 9.78 Å². The fourth-order valence-corrected chi connectivity index (χ4v) is 1.75. The van der Waals surface area contributed by atoms with Crippen molar-refractivity contribution in [2.45, 2.75) is 6.10 Å². The Bertz CT molecular complexity index is 602. The van der Waals surface area contributed by atoms with Gasteiger partial charge in [0.2, 0.25) is 0 Å². The number of primary amides is 1. The van der Waals surface area contributed by atoms with E-state index in [9.17, 15) is 14.3 Å². The first kappa shape index (κ1) is 14.0. The lowest BCUT2D eigenvalue weighted by Gasteiger charge is -2.14. The summed E-state index contributed by atoms with van der Waals surface area (Å²) in [5.74, 6) is -0.962.